The fourth-order valence-electron chi connectivity index (χ4n) is 3.30. The first-order valence-corrected chi connectivity index (χ1v) is 7.50. The largest absolute Gasteiger partial charge is 0.388 e. The lowest BCUT2D eigenvalue weighted by molar-refractivity contribution is 0.0676. The lowest BCUT2D eigenvalue weighted by Crippen LogP contribution is -2.21. The zero-order valence-electron chi connectivity index (χ0n) is 12.1. The third kappa shape index (κ3) is 3.80. The lowest BCUT2D eigenvalue weighted by Gasteiger charge is -2.32. The summed E-state index contributed by atoms with van der Waals surface area (Å²) in [5.41, 5.74) is 2.19. The van der Waals surface area contributed by atoms with Gasteiger partial charge in [-0.25, -0.2) is 0 Å². The van der Waals surface area contributed by atoms with Gasteiger partial charge in [0.25, 0.3) is 0 Å². The van der Waals surface area contributed by atoms with Crippen LogP contribution >= 0.6 is 0 Å². The summed E-state index contributed by atoms with van der Waals surface area (Å²) < 4.78 is 5.16. The van der Waals surface area contributed by atoms with Gasteiger partial charge in [0.05, 0.1) is 12.7 Å². The summed E-state index contributed by atoms with van der Waals surface area (Å²) in [6.07, 6.45) is 5.86. The zero-order chi connectivity index (χ0) is 13.7. The highest BCUT2D eigenvalue weighted by Crippen LogP contribution is 2.38. The van der Waals surface area contributed by atoms with Gasteiger partial charge in [-0.15, -0.1) is 0 Å². The van der Waals surface area contributed by atoms with E-state index in [-0.39, 0.29) is 6.10 Å². The second-order valence-electron chi connectivity index (χ2n) is 5.82. The second kappa shape index (κ2) is 7.06. The smallest absolute Gasteiger partial charge is 0.0818 e. The van der Waals surface area contributed by atoms with Crippen LogP contribution in [-0.2, 0) is 11.3 Å². The molecule has 1 aromatic rings. The molecule has 19 heavy (non-hydrogen) atoms. The van der Waals surface area contributed by atoms with E-state index in [0.717, 1.165) is 23.5 Å². The van der Waals surface area contributed by atoms with E-state index in [1.807, 2.05) is 12.1 Å². The van der Waals surface area contributed by atoms with Crippen molar-refractivity contribution in [3.63, 3.8) is 0 Å². The van der Waals surface area contributed by atoms with E-state index in [0.29, 0.717) is 12.5 Å². The summed E-state index contributed by atoms with van der Waals surface area (Å²) in [4.78, 5) is 0. The maximum atomic E-state index is 10.6. The van der Waals surface area contributed by atoms with Crippen molar-refractivity contribution in [2.45, 2.75) is 51.7 Å². The molecule has 1 saturated carbocycles. The minimum Gasteiger partial charge on any atom is -0.388 e. The molecule has 0 radical (unpaired) electrons. The van der Waals surface area contributed by atoms with Gasteiger partial charge in [-0.2, -0.15) is 0 Å². The van der Waals surface area contributed by atoms with E-state index in [4.69, 9.17) is 4.74 Å². The van der Waals surface area contributed by atoms with E-state index in [1.54, 1.807) is 7.11 Å². The molecular weight excluding hydrogens is 236 g/mol. The predicted octanol–water partition coefficient (Wildman–Crippen LogP) is 4.08. The average Bonchev–Trinajstić information content (AvgIpc) is 2.47. The van der Waals surface area contributed by atoms with Gasteiger partial charge in [0.15, 0.2) is 0 Å². The Labute approximate surface area is 116 Å². The van der Waals surface area contributed by atoms with Crippen LogP contribution in [0.1, 0.15) is 56.3 Å². The van der Waals surface area contributed by atoms with Gasteiger partial charge in [0, 0.05) is 7.11 Å². The third-order valence-electron chi connectivity index (χ3n) is 4.45. The predicted molar refractivity (Wildman–Crippen MR) is 77.9 cm³/mol. The number of aliphatic hydroxyl groups excluding tert-OH is 1. The highest BCUT2D eigenvalue weighted by molar-refractivity contribution is 5.25. The summed E-state index contributed by atoms with van der Waals surface area (Å²) in [7, 11) is 1.70. The van der Waals surface area contributed by atoms with E-state index in [9.17, 15) is 5.11 Å². The second-order valence-corrected chi connectivity index (χ2v) is 5.82. The minimum absolute atomic E-state index is 0.314. The van der Waals surface area contributed by atoms with Crippen LogP contribution in [0.3, 0.4) is 0 Å². The van der Waals surface area contributed by atoms with Gasteiger partial charge < -0.3 is 9.84 Å². The lowest BCUT2D eigenvalue weighted by atomic mass is 9.76. The number of hydrogen-bond acceptors (Lipinski definition) is 2. The number of aliphatic hydroxyl groups is 1. The highest BCUT2D eigenvalue weighted by Gasteiger charge is 2.27. The molecule has 3 atom stereocenters. The molecule has 2 nitrogen and oxygen atoms in total. The molecule has 1 aliphatic rings. The molecule has 0 aliphatic heterocycles. The van der Waals surface area contributed by atoms with Crippen molar-refractivity contribution >= 4 is 0 Å². The maximum absolute atomic E-state index is 10.6. The standard InChI is InChI=1S/C17H26O2/c1-3-13-6-4-8-15(10-13)17(18)16-9-5-7-14(11-16)12-19-2/h5,7,9,11,13,15,17-18H,3-4,6,8,10,12H2,1-2H3. The fourth-order valence-corrected chi connectivity index (χ4v) is 3.30. The van der Waals surface area contributed by atoms with Crippen molar-refractivity contribution in [1.29, 1.82) is 0 Å². The van der Waals surface area contributed by atoms with Gasteiger partial charge in [-0.3, -0.25) is 0 Å². The third-order valence-corrected chi connectivity index (χ3v) is 4.45. The number of hydrogen-bond donors (Lipinski definition) is 1. The molecule has 1 N–H and O–H groups in total. The van der Waals surface area contributed by atoms with Gasteiger partial charge in [-0.05, 0) is 35.8 Å². The molecule has 2 rings (SSSR count). The number of methoxy groups -OCH3 is 1. The molecule has 0 bridgehead atoms. The van der Waals surface area contributed by atoms with Crippen LogP contribution in [0.2, 0.25) is 0 Å². The Kier molecular flexibility index (Phi) is 5.41. The Balaban J connectivity index is 2.05. The summed E-state index contributed by atoms with van der Waals surface area (Å²) in [5.74, 6) is 1.23. The van der Waals surface area contributed by atoms with Gasteiger partial charge in [0.2, 0.25) is 0 Å². The molecule has 0 spiro atoms. The molecule has 1 fully saturated rings. The minimum atomic E-state index is -0.314. The normalized spacial score (nSPS) is 25.2. The van der Waals surface area contributed by atoms with Crippen LogP contribution in [0.25, 0.3) is 0 Å². The van der Waals surface area contributed by atoms with Crippen LogP contribution in [0, 0.1) is 11.8 Å². The Morgan fingerprint density at radius 2 is 2.21 bits per heavy atom. The van der Waals surface area contributed by atoms with Gasteiger partial charge in [0.1, 0.15) is 0 Å². The SMILES string of the molecule is CCC1CCCC(C(O)c2cccc(COC)c2)C1. The van der Waals surface area contributed by atoms with E-state index in [1.165, 1.54) is 25.7 Å². The molecule has 0 saturated heterocycles. The summed E-state index contributed by atoms with van der Waals surface area (Å²) in [6, 6.07) is 8.20. The van der Waals surface area contributed by atoms with Crippen molar-refractivity contribution in [1.82, 2.24) is 0 Å². The molecule has 2 heteroatoms. The van der Waals surface area contributed by atoms with Crippen molar-refractivity contribution < 1.29 is 9.84 Å². The first kappa shape index (κ1) is 14.5. The Morgan fingerprint density at radius 1 is 1.37 bits per heavy atom. The Hall–Kier alpha value is -0.860. The van der Waals surface area contributed by atoms with E-state index < -0.39 is 0 Å². The first-order chi connectivity index (χ1) is 9.24. The fraction of sp³-hybridized carbons (Fsp3) is 0.647. The first-order valence-electron chi connectivity index (χ1n) is 7.50. The molecule has 0 amide bonds. The quantitative estimate of drug-likeness (QED) is 0.866. The van der Waals surface area contributed by atoms with Crippen LogP contribution in [0.15, 0.2) is 24.3 Å². The zero-order valence-corrected chi connectivity index (χ0v) is 12.1. The molecule has 106 valence electrons. The molecule has 1 aliphatic carbocycles. The molecule has 0 heterocycles. The van der Waals surface area contributed by atoms with Gasteiger partial charge in [-0.1, -0.05) is 50.5 Å². The van der Waals surface area contributed by atoms with Gasteiger partial charge >= 0.3 is 0 Å². The van der Waals surface area contributed by atoms with Crippen molar-refractivity contribution in [3.8, 4) is 0 Å². The van der Waals surface area contributed by atoms with Crippen LogP contribution in [0.4, 0.5) is 0 Å². The van der Waals surface area contributed by atoms with Crippen molar-refractivity contribution in [2.24, 2.45) is 11.8 Å². The van der Waals surface area contributed by atoms with Crippen LogP contribution in [0.5, 0.6) is 0 Å². The summed E-state index contributed by atoms with van der Waals surface area (Å²) in [6.45, 7) is 2.88. The summed E-state index contributed by atoms with van der Waals surface area (Å²) in [5, 5.41) is 10.6. The topological polar surface area (TPSA) is 29.5 Å². The van der Waals surface area contributed by atoms with Crippen LogP contribution in [-0.4, -0.2) is 12.2 Å². The number of benzene rings is 1. The van der Waals surface area contributed by atoms with Crippen molar-refractivity contribution in [3.05, 3.63) is 35.4 Å². The van der Waals surface area contributed by atoms with Crippen molar-refractivity contribution in [2.75, 3.05) is 7.11 Å². The van der Waals surface area contributed by atoms with Crippen LogP contribution < -0.4 is 0 Å². The highest BCUT2D eigenvalue weighted by atomic mass is 16.5. The maximum Gasteiger partial charge on any atom is 0.0818 e. The molecular formula is C17H26O2. The average molecular weight is 262 g/mol. The van der Waals surface area contributed by atoms with E-state index >= 15 is 0 Å². The monoisotopic (exact) mass is 262 g/mol. The summed E-state index contributed by atoms with van der Waals surface area (Å²) >= 11 is 0. The molecule has 3 unspecified atom stereocenters. The molecule has 0 aromatic heterocycles. The number of ether oxygens (including phenoxy) is 1. The number of rotatable bonds is 5. The van der Waals surface area contributed by atoms with E-state index in [2.05, 4.69) is 19.1 Å². The molecule has 1 aromatic carbocycles. The Morgan fingerprint density at radius 3 is 2.95 bits per heavy atom. The Bertz CT molecular complexity index is 389.